The van der Waals surface area contributed by atoms with Gasteiger partial charge in [-0.25, -0.2) is 0 Å². The third-order valence-corrected chi connectivity index (χ3v) is 2.64. The van der Waals surface area contributed by atoms with Crippen molar-refractivity contribution in [1.82, 2.24) is 5.32 Å². The van der Waals surface area contributed by atoms with Crippen molar-refractivity contribution in [2.75, 3.05) is 13.1 Å². The van der Waals surface area contributed by atoms with Crippen LogP contribution in [0.25, 0.3) is 0 Å². The summed E-state index contributed by atoms with van der Waals surface area (Å²) >= 11 is 0. The summed E-state index contributed by atoms with van der Waals surface area (Å²) in [6.07, 6.45) is -5.18. The molecule has 2 N–H and O–H groups in total. The third kappa shape index (κ3) is 4.27. The van der Waals surface area contributed by atoms with Crippen LogP contribution in [0.1, 0.15) is 26.7 Å². The highest BCUT2D eigenvalue weighted by molar-refractivity contribution is 4.82. The van der Waals surface area contributed by atoms with Crippen molar-refractivity contribution in [2.45, 2.75) is 50.7 Å². The molecule has 0 bridgehead atoms. The molecule has 3 nitrogen and oxygen atoms in total. The first kappa shape index (κ1) is 13.7. The molecule has 6 heteroatoms. The first-order chi connectivity index (χ1) is 7.21. The molecule has 1 aliphatic rings. The predicted molar refractivity (Wildman–Crippen MR) is 53.1 cm³/mol. The maximum atomic E-state index is 12.0. The maximum Gasteiger partial charge on any atom is 0.415 e. The van der Waals surface area contributed by atoms with E-state index in [1.54, 1.807) is 0 Å². The minimum Gasteiger partial charge on any atom is -0.382 e. The molecule has 0 spiro atoms. The van der Waals surface area contributed by atoms with Crippen LogP contribution in [0.4, 0.5) is 13.2 Å². The van der Waals surface area contributed by atoms with Crippen LogP contribution < -0.4 is 5.32 Å². The average Bonchev–Trinajstić information content (AvgIpc) is 2.44. The second-order valence-electron chi connectivity index (χ2n) is 4.75. The number of hydrogen-bond acceptors (Lipinski definition) is 3. The highest BCUT2D eigenvalue weighted by Gasteiger charge is 2.38. The van der Waals surface area contributed by atoms with E-state index in [1.165, 1.54) is 0 Å². The second kappa shape index (κ2) is 4.89. The molecule has 2 unspecified atom stereocenters. The van der Waals surface area contributed by atoms with Crippen molar-refractivity contribution < 1.29 is 23.0 Å². The van der Waals surface area contributed by atoms with Gasteiger partial charge in [0.25, 0.3) is 0 Å². The molecule has 1 heterocycles. The van der Waals surface area contributed by atoms with Crippen LogP contribution in [0.15, 0.2) is 0 Å². The Morgan fingerprint density at radius 3 is 2.56 bits per heavy atom. The number of hydrogen-bond donors (Lipinski definition) is 2. The van der Waals surface area contributed by atoms with Gasteiger partial charge >= 0.3 is 6.18 Å². The van der Waals surface area contributed by atoms with Gasteiger partial charge in [-0.15, -0.1) is 0 Å². The van der Waals surface area contributed by atoms with Crippen molar-refractivity contribution in [3.05, 3.63) is 0 Å². The van der Waals surface area contributed by atoms with Crippen LogP contribution in [0, 0.1) is 0 Å². The van der Waals surface area contributed by atoms with Gasteiger partial charge in [-0.3, -0.25) is 0 Å². The fourth-order valence-electron chi connectivity index (χ4n) is 1.72. The van der Waals surface area contributed by atoms with Crippen molar-refractivity contribution in [3.63, 3.8) is 0 Å². The van der Waals surface area contributed by atoms with Gasteiger partial charge in [-0.05, 0) is 26.7 Å². The van der Waals surface area contributed by atoms with E-state index >= 15 is 0 Å². The zero-order chi connectivity index (χ0) is 12.4. The Morgan fingerprint density at radius 2 is 2.12 bits per heavy atom. The molecule has 16 heavy (non-hydrogen) atoms. The van der Waals surface area contributed by atoms with Crippen LogP contribution in [-0.4, -0.2) is 42.2 Å². The van der Waals surface area contributed by atoms with Crippen molar-refractivity contribution in [3.8, 4) is 0 Å². The topological polar surface area (TPSA) is 41.5 Å². The summed E-state index contributed by atoms with van der Waals surface area (Å²) in [6, 6.07) is 0. The Morgan fingerprint density at radius 1 is 1.50 bits per heavy atom. The van der Waals surface area contributed by atoms with Gasteiger partial charge in [0.15, 0.2) is 6.10 Å². The van der Waals surface area contributed by atoms with E-state index in [1.807, 2.05) is 13.8 Å². The van der Waals surface area contributed by atoms with Gasteiger partial charge in [-0.1, -0.05) is 0 Å². The van der Waals surface area contributed by atoms with Gasteiger partial charge in [0.1, 0.15) is 0 Å². The standard InChI is InChI=1S/C10H18F3NO2/c1-9(2)4-3-7(16-9)5-14-6-8(15)10(11,12)13/h7-8,14-15H,3-6H2,1-2H3. The molecule has 0 saturated carbocycles. The first-order valence-corrected chi connectivity index (χ1v) is 5.34. The van der Waals surface area contributed by atoms with E-state index in [0.29, 0.717) is 6.54 Å². The molecule has 0 aromatic carbocycles. The number of aliphatic hydroxyl groups excluding tert-OH is 1. The van der Waals surface area contributed by atoms with E-state index in [2.05, 4.69) is 5.32 Å². The number of aliphatic hydroxyl groups is 1. The Bertz CT molecular complexity index is 231. The highest BCUT2D eigenvalue weighted by Crippen LogP contribution is 2.28. The van der Waals surface area contributed by atoms with Crippen LogP contribution >= 0.6 is 0 Å². The van der Waals surface area contributed by atoms with E-state index < -0.39 is 18.8 Å². The molecule has 0 aliphatic carbocycles. The quantitative estimate of drug-likeness (QED) is 0.783. The minimum atomic E-state index is -4.55. The van der Waals surface area contributed by atoms with Crippen LogP contribution in [0.2, 0.25) is 0 Å². The molecular weight excluding hydrogens is 223 g/mol. The summed E-state index contributed by atoms with van der Waals surface area (Å²) in [5.41, 5.74) is -0.186. The van der Waals surface area contributed by atoms with E-state index in [9.17, 15) is 13.2 Å². The Labute approximate surface area is 93.0 Å². The Kier molecular flexibility index (Phi) is 4.20. The van der Waals surface area contributed by atoms with Crippen molar-refractivity contribution >= 4 is 0 Å². The largest absolute Gasteiger partial charge is 0.415 e. The molecule has 0 aromatic heterocycles. The summed E-state index contributed by atoms with van der Waals surface area (Å²) < 4.78 is 41.4. The van der Waals surface area contributed by atoms with Crippen molar-refractivity contribution in [2.24, 2.45) is 0 Å². The van der Waals surface area contributed by atoms with Gasteiger partial charge in [0.05, 0.1) is 11.7 Å². The predicted octanol–water partition coefficient (Wildman–Crippen LogP) is 1.46. The van der Waals surface area contributed by atoms with Gasteiger partial charge < -0.3 is 15.2 Å². The van der Waals surface area contributed by atoms with Crippen LogP contribution in [0.5, 0.6) is 0 Å². The molecule has 1 aliphatic heterocycles. The first-order valence-electron chi connectivity index (χ1n) is 5.34. The number of ether oxygens (including phenoxy) is 1. The fourth-order valence-corrected chi connectivity index (χ4v) is 1.72. The zero-order valence-corrected chi connectivity index (χ0v) is 9.47. The summed E-state index contributed by atoms with van der Waals surface area (Å²) in [5.74, 6) is 0. The molecule has 2 atom stereocenters. The molecular formula is C10H18F3NO2. The molecule has 1 saturated heterocycles. The van der Waals surface area contributed by atoms with Crippen LogP contribution in [-0.2, 0) is 4.74 Å². The molecule has 0 radical (unpaired) electrons. The average molecular weight is 241 g/mol. The Balaban J connectivity index is 2.17. The lowest BCUT2D eigenvalue weighted by Gasteiger charge is -2.20. The van der Waals surface area contributed by atoms with Gasteiger partial charge in [0, 0.05) is 13.1 Å². The third-order valence-electron chi connectivity index (χ3n) is 2.64. The monoisotopic (exact) mass is 241 g/mol. The maximum absolute atomic E-state index is 12.0. The molecule has 0 aromatic rings. The summed E-state index contributed by atoms with van der Waals surface area (Å²) in [5, 5.41) is 11.3. The van der Waals surface area contributed by atoms with Gasteiger partial charge in [0.2, 0.25) is 0 Å². The highest BCUT2D eigenvalue weighted by atomic mass is 19.4. The van der Waals surface area contributed by atoms with E-state index in [0.717, 1.165) is 12.8 Å². The zero-order valence-electron chi connectivity index (χ0n) is 9.47. The lowest BCUT2D eigenvalue weighted by molar-refractivity contribution is -0.202. The minimum absolute atomic E-state index is 0.0598. The van der Waals surface area contributed by atoms with Crippen LogP contribution in [0.3, 0.4) is 0 Å². The molecule has 1 fully saturated rings. The smallest absolute Gasteiger partial charge is 0.382 e. The molecule has 1 rings (SSSR count). The SMILES string of the molecule is CC1(C)CCC(CNCC(O)C(F)(F)F)O1. The van der Waals surface area contributed by atoms with Crippen molar-refractivity contribution in [1.29, 1.82) is 0 Å². The summed E-state index contributed by atoms with van der Waals surface area (Å²) in [7, 11) is 0. The molecule has 96 valence electrons. The molecule has 0 amide bonds. The number of rotatable bonds is 4. The normalized spacial score (nSPS) is 27.0. The fraction of sp³-hybridized carbons (Fsp3) is 1.00. The second-order valence-corrected chi connectivity index (χ2v) is 4.75. The van der Waals surface area contributed by atoms with E-state index in [-0.39, 0.29) is 11.7 Å². The summed E-state index contributed by atoms with van der Waals surface area (Å²) in [4.78, 5) is 0. The Hall–Kier alpha value is -0.330. The van der Waals surface area contributed by atoms with E-state index in [4.69, 9.17) is 9.84 Å². The lowest BCUT2D eigenvalue weighted by atomic mass is 10.1. The lowest BCUT2D eigenvalue weighted by Crippen LogP contribution is -2.41. The summed E-state index contributed by atoms with van der Waals surface area (Å²) in [6.45, 7) is 3.77. The number of nitrogens with one attached hydrogen (secondary N) is 1. The van der Waals surface area contributed by atoms with Gasteiger partial charge in [-0.2, -0.15) is 13.2 Å². The number of alkyl halides is 3. The number of halogens is 3.